The third kappa shape index (κ3) is 4.38. The van der Waals surface area contributed by atoms with Gasteiger partial charge in [0.25, 0.3) is 5.91 Å². The van der Waals surface area contributed by atoms with Crippen molar-refractivity contribution in [2.24, 2.45) is 0 Å². The average molecular weight is 389 g/mol. The molecule has 0 aromatic heterocycles. The third-order valence-electron chi connectivity index (χ3n) is 4.40. The molecule has 1 amide bonds. The van der Waals surface area contributed by atoms with Crippen molar-refractivity contribution < 1.29 is 23.8 Å². The Bertz CT molecular complexity index is 1020. The summed E-state index contributed by atoms with van der Waals surface area (Å²) in [6, 6.07) is 24.2. The molecule has 1 aliphatic heterocycles. The molecule has 1 heterocycles. The summed E-state index contributed by atoms with van der Waals surface area (Å²) >= 11 is 0. The van der Waals surface area contributed by atoms with E-state index < -0.39 is 24.6 Å². The fourth-order valence-corrected chi connectivity index (χ4v) is 3.01. The number of nitrogens with one attached hydrogen (secondary N) is 1. The van der Waals surface area contributed by atoms with Crippen LogP contribution in [0.5, 0.6) is 11.5 Å². The number of ether oxygens (including phenoxy) is 3. The Morgan fingerprint density at radius 3 is 2.41 bits per heavy atom. The predicted octanol–water partition coefficient (Wildman–Crippen LogP) is 3.68. The Balaban J connectivity index is 1.35. The molecule has 3 aromatic carbocycles. The van der Waals surface area contributed by atoms with E-state index in [1.807, 2.05) is 54.6 Å². The smallest absolute Gasteiger partial charge is 0.351 e. The molecular weight excluding hydrogens is 370 g/mol. The second-order valence-electron chi connectivity index (χ2n) is 6.43. The molecule has 1 aliphatic rings. The molecule has 0 saturated carbocycles. The number of hydrogen-bond acceptors (Lipinski definition) is 5. The summed E-state index contributed by atoms with van der Waals surface area (Å²) in [5.74, 6) is -0.0291. The molecule has 0 spiro atoms. The second kappa shape index (κ2) is 8.48. The summed E-state index contributed by atoms with van der Waals surface area (Å²) in [6.45, 7) is -0.377. The van der Waals surface area contributed by atoms with Crippen molar-refractivity contribution in [3.8, 4) is 22.6 Å². The van der Waals surface area contributed by atoms with Gasteiger partial charge < -0.3 is 19.5 Å². The van der Waals surface area contributed by atoms with Gasteiger partial charge in [0.05, 0.1) is 0 Å². The van der Waals surface area contributed by atoms with Crippen molar-refractivity contribution in [2.45, 2.75) is 6.10 Å². The molecule has 6 heteroatoms. The quantitative estimate of drug-likeness (QED) is 0.674. The number of hydrogen-bond donors (Lipinski definition) is 1. The van der Waals surface area contributed by atoms with Gasteiger partial charge in [-0.05, 0) is 23.8 Å². The topological polar surface area (TPSA) is 73.9 Å². The zero-order valence-electron chi connectivity index (χ0n) is 15.5. The minimum Gasteiger partial charge on any atom is -0.485 e. The van der Waals surface area contributed by atoms with Crippen LogP contribution in [-0.2, 0) is 14.3 Å². The lowest BCUT2D eigenvalue weighted by molar-refractivity contribution is -0.156. The van der Waals surface area contributed by atoms with Gasteiger partial charge in [0.1, 0.15) is 6.61 Å². The molecule has 146 valence electrons. The van der Waals surface area contributed by atoms with Crippen molar-refractivity contribution in [1.82, 2.24) is 0 Å². The standard InChI is InChI=1S/C23H19NO5/c25-22(24-18-11-5-4-10-17(18)16-8-2-1-3-9-16)15-28-23(26)21-14-27-19-12-6-7-13-20(19)29-21/h1-13,21H,14-15H2,(H,24,25)/t21-/m0/s1. The van der Waals surface area contributed by atoms with Gasteiger partial charge in [-0.25, -0.2) is 4.79 Å². The summed E-state index contributed by atoms with van der Waals surface area (Å²) in [7, 11) is 0. The molecule has 0 aliphatic carbocycles. The summed E-state index contributed by atoms with van der Waals surface area (Å²) < 4.78 is 16.2. The van der Waals surface area contributed by atoms with Crippen molar-refractivity contribution >= 4 is 17.6 Å². The van der Waals surface area contributed by atoms with Crippen molar-refractivity contribution in [1.29, 1.82) is 0 Å². The van der Waals surface area contributed by atoms with E-state index in [2.05, 4.69) is 5.32 Å². The maximum Gasteiger partial charge on any atom is 0.351 e. The van der Waals surface area contributed by atoms with E-state index in [1.54, 1.807) is 24.3 Å². The predicted molar refractivity (Wildman–Crippen MR) is 108 cm³/mol. The molecule has 4 rings (SSSR count). The van der Waals surface area contributed by atoms with Gasteiger partial charge >= 0.3 is 5.97 Å². The van der Waals surface area contributed by atoms with Gasteiger partial charge in [-0.3, -0.25) is 4.79 Å². The molecule has 0 unspecified atom stereocenters. The highest BCUT2D eigenvalue weighted by atomic mass is 16.6. The highest BCUT2D eigenvalue weighted by Crippen LogP contribution is 2.31. The largest absolute Gasteiger partial charge is 0.485 e. The van der Waals surface area contributed by atoms with Crippen LogP contribution < -0.4 is 14.8 Å². The maximum absolute atomic E-state index is 12.3. The van der Waals surface area contributed by atoms with Crippen LogP contribution in [0.15, 0.2) is 78.9 Å². The molecule has 0 fully saturated rings. The zero-order valence-corrected chi connectivity index (χ0v) is 15.5. The van der Waals surface area contributed by atoms with Crippen LogP contribution in [0.1, 0.15) is 0 Å². The van der Waals surface area contributed by atoms with Gasteiger partial charge in [-0.2, -0.15) is 0 Å². The van der Waals surface area contributed by atoms with E-state index in [0.717, 1.165) is 11.1 Å². The Morgan fingerprint density at radius 1 is 0.897 bits per heavy atom. The number of carbonyl (C=O) groups is 2. The lowest BCUT2D eigenvalue weighted by atomic mass is 10.0. The Hall–Kier alpha value is -3.80. The molecule has 0 radical (unpaired) electrons. The minimum atomic E-state index is -0.908. The minimum absolute atomic E-state index is 0.0360. The van der Waals surface area contributed by atoms with Crippen LogP contribution in [0.25, 0.3) is 11.1 Å². The first-order chi connectivity index (χ1) is 14.2. The van der Waals surface area contributed by atoms with Crippen LogP contribution in [0.4, 0.5) is 5.69 Å². The highest BCUT2D eigenvalue weighted by Gasteiger charge is 2.29. The number of para-hydroxylation sites is 3. The molecule has 1 atom stereocenters. The van der Waals surface area contributed by atoms with Gasteiger partial charge in [0.15, 0.2) is 18.1 Å². The first-order valence-corrected chi connectivity index (χ1v) is 9.20. The van der Waals surface area contributed by atoms with Gasteiger partial charge in [0.2, 0.25) is 6.10 Å². The van der Waals surface area contributed by atoms with E-state index in [1.165, 1.54) is 0 Å². The normalized spacial score (nSPS) is 14.7. The lowest BCUT2D eigenvalue weighted by Crippen LogP contribution is -2.39. The van der Waals surface area contributed by atoms with E-state index in [4.69, 9.17) is 14.2 Å². The number of amides is 1. The van der Waals surface area contributed by atoms with E-state index >= 15 is 0 Å². The highest BCUT2D eigenvalue weighted by molar-refractivity contribution is 5.97. The Kier molecular flexibility index (Phi) is 5.42. The summed E-state index contributed by atoms with van der Waals surface area (Å²) in [5.41, 5.74) is 2.51. The summed E-state index contributed by atoms with van der Waals surface area (Å²) in [4.78, 5) is 24.6. The first kappa shape index (κ1) is 18.6. The molecule has 0 bridgehead atoms. The molecule has 1 N–H and O–H groups in total. The van der Waals surface area contributed by atoms with Crippen LogP contribution in [0.3, 0.4) is 0 Å². The van der Waals surface area contributed by atoms with E-state index in [9.17, 15) is 9.59 Å². The SMILES string of the molecule is O=C(COC(=O)[C@@H]1COc2ccccc2O1)Nc1ccccc1-c1ccccc1. The third-order valence-corrected chi connectivity index (χ3v) is 4.40. The maximum atomic E-state index is 12.3. The number of anilines is 1. The van der Waals surface area contributed by atoms with Crippen LogP contribution >= 0.6 is 0 Å². The molecule has 0 saturated heterocycles. The average Bonchev–Trinajstić information content (AvgIpc) is 2.78. The lowest BCUT2D eigenvalue weighted by Gasteiger charge is -2.24. The molecule has 6 nitrogen and oxygen atoms in total. The molecular formula is C23H19NO5. The number of rotatable bonds is 5. The van der Waals surface area contributed by atoms with Crippen LogP contribution in [0, 0.1) is 0 Å². The van der Waals surface area contributed by atoms with Crippen molar-refractivity contribution in [3.63, 3.8) is 0 Å². The van der Waals surface area contributed by atoms with Gasteiger partial charge in [-0.1, -0.05) is 60.7 Å². The summed E-state index contributed by atoms with van der Waals surface area (Å²) in [5, 5.41) is 2.79. The zero-order chi connectivity index (χ0) is 20.1. The van der Waals surface area contributed by atoms with Gasteiger partial charge in [-0.15, -0.1) is 0 Å². The van der Waals surface area contributed by atoms with E-state index in [0.29, 0.717) is 17.2 Å². The molecule has 29 heavy (non-hydrogen) atoms. The van der Waals surface area contributed by atoms with Crippen LogP contribution in [-0.4, -0.2) is 31.2 Å². The Labute approximate surface area is 168 Å². The second-order valence-corrected chi connectivity index (χ2v) is 6.43. The Morgan fingerprint density at radius 2 is 1.59 bits per heavy atom. The summed E-state index contributed by atoms with van der Waals surface area (Å²) in [6.07, 6.45) is -0.908. The van der Waals surface area contributed by atoms with E-state index in [-0.39, 0.29) is 6.61 Å². The van der Waals surface area contributed by atoms with Crippen molar-refractivity contribution in [2.75, 3.05) is 18.5 Å². The first-order valence-electron chi connectivity index (χ1n) is 9.20. The number of carbonyl (C=O) groups excluding carboxylic acids is 2. The van der Waals surface area contributed by atoms with Crippen molar-refractivity contribution in [3.05, 3.63) is 78.9 Å². The number of fused-ring (bicyclic) bond motifs is 1. The number of esters is 1. The monoisotopic (exact) mass is 389 g/mol. The molecule has 3 aromatic rings. The van der Waals surface area contributed by atoms with Crippen LogP contribution in [0.2, 0.25) is 0 Å². The fraction of sp³-hybridized carbons (Fsp3) is 0.130. The fourth-order valence-electron chi connectivity index (χ4n) is 3.01. The van der Waals surface area contributed by atoms with Gasteiger partial charge in [0, 0.05) is 11.3 Å². The number of benzene rings is 3.